The summed E-state index contributed by atoms with van der Waals surface area (Å²) in [6.45, 7) is 10.7. The van der Waals surface area contributed by atoms with E-state index in [1.807, 2.05) is 18.2 Å². The van der Waals surface area contributed by atoms with Crippen molar-refractivity contribution in [3.8, 4) is 0 Å². The Morgan fingerprint density at radius 1 is 1.32 bits per heavy atom. The Morgan fingerprint density at radius 2 is 2.04 bits per heavy atom. The Bertz CT molecular complexity index is 659. The van der Waals surface area contributed by atoms with Crippen molar-refractivity contribution in [2.45, 2.75) is 58.3 Å². The molecule has 1 aliphatic carbocycles. The molecule has 3 nitrogen and oxygen atoms in total. The standard InChI is InChI=1S/C22H28O3/c1-14(2)12-20(25-22(23)17-8-6-5-7-9-17)21-16(4)18-11-10-15(3)13-19(18)24-21/h5-9,13-14,18-21H,4,10-12H2,1-3H3/t18?,19-,20?,21?/m1/s1. The van der Waals surface area contributed by atoms with Crippen LogP contribution in [-0.4, -0.2) is 24.3 Å². The van der Waals surface area contributed by atoms with Gasteiger partial charge < -0.3 is 9.47 Å². The van der Waals surface area contributed by atoms with Gasteiger partial charge in [-0.05, 0) is 49.8 Å². The minimum Gasteiger partial charge on any atom is -0.456 e. The van der Waals surface area contributed by atoms with E-state index < -0.39 is 0 Å². The highest BCUT2D eigenvalue weighted by molar-refractivity contribution is 5.89. The van der Waals surface area contributed by atoms with Crippen LogP contribution in [0.1, 0.15) is 50.4 Å². The molecule has 0 amide bonds. The molecule has 1 aromatic carbocycles. The number of benzene rings is 1. The van der Waals surface area contributed by atoms with E-state index >= 15 is 0 Å². The van der Waals surface area contributed by atoms with Crippen molar-refractivity contribution in [1.29, 1.82) is 0 Å². The molecule has 1 aromatic rings. The van der Waals surface area contributed by atoms with Gasteiger partial charge in [0.05, 0.1) is 11.7 Å². The third-order valence-electron chi connectivity index (χ3n) is 5.15. The van der Waals surface area contributed by atoms with E-state index in [-0.39, 0.29) is 24.3 Å². The Balaban J connectivity index is 1.77. The minimum absolute atomic E-state index is 0.0799. The fourth-order valence-corrected chi connectivity index (χ4v) is 3.83. The smallest absolute Gasteiger partial charge is 0.338 e. The molecule has 0 bridgehead atoms. The van der Waals surface area contributed by atoms with Crippen LogP contribution in [0.3, 0.4) is 0 Å². The minimum atomic E-state index is -0.292. The van der Waals surface area contributed by atoms with E-state index in [9.17, 15) is 4.79 Å². The summed E-state index contributed by atoms with van der Waals surface area (Å²) >= 11 is 0. The maximum Gasteiger partial charge on any atom is 0.338 e. The van der Waals surface area contributed by atoms with Crippen molar-refractivity contribution in [1.82, 2.24) is 0 Å². The highest BCUT2D eigenvalue weighted by atomic mass is 16.6. The second-order valence-corrected chi connectivity index (χ2v) is 7.69. The highest BCUT2D eigenvalue weighted by Gasteiger charge is 2.43. The largest absolute Gasteiger partial charge is 0.456 e. The van der Waals surface area contributed by atoms with E-state index in [0.29, 0.717) is 17.4 Å². The first-order valence-corrected chi connectivity index (χ1v) is 9.23. The van der Waals surface area contributed by atoms with Gasteiger partial charge in [-0.2, -0.15) is 0 Å². The van der Waals surface area contributed by atoms with E-state index in [0.717, 1.165) is 24.8 Å². The first kappa shape index (κ1) is 17.9. The van der Waals surface area contributed by atoms with Gasteiger partial charge in [-0.25, -0.2) is 4.79 Å². The van der Waals surface area contributed by atoms with Gasteiger partial charge in [0.25, 0.3) is 0 Å². The number of hydrogen-bond donors (Lipinski definition) is 0. The summed E-state index contributed by atoms with van der Waals surface area (Å²) < 4.78 is 12.2. The van der Waals surface area contributed by atoms with Crippen LogP contribution in [0.5, 0.6) is 0 Å². The molecule has 3 unspecified atom stereocenters. The van der Waals surface area contributed by atoms with Gasteiger partial charge in [0.1, 0.15) is 12.2 Å². The number of allylic oxidation sites excluding steroid dienone is 1. The molecule has 0 aromatic heterocycles. The topological polar surface area (TPSA) is 35.5 Å². The second-order valence-electron chi connectivity index (χ2n) is 7.69. The highest BCUT2D eigenvalue weighted by Crippen LogP contribution is 2.42. The van der Waals surface area contributed by atoms with Crippen LogP contribution >= 0.6 is 0 Å². The Kier molecular flexibility index (Phi) is 5.43. The Morgan fingerprint density at radius 3 is 2.72 bits per heavy atom. The number of hydrogen-bond acceptors (Lipinski definition) is 3. The molecular weight excluding hydrogens is 312 g/mol. The number of rotatable bonds is 5. The lowest BCUT2D eigenvalue weighted by molar-refractivity contribution is -0.0418. The van der Waals surface area contributed by atoms with Crippen LogP contribution in [0.4, 0.5) is 0 Å². The molecule has 0 radical (unpaired) electrons. The van der Waals surface area contributed by atoms with E-state index in [2.05, 4.69) is 33.4 Å². The van der Waals surface area contributed by atoms with Gasteiger partial charge >= 0.3 is 5.97 Å². The fourth-order valence-electron chi connectivity index (χ4n) is 3.83. The zero-order valence-corrected chi connectivity index (χ0v) is 15.4. The zero-order valence-electron chi connectivity index (χ0n) is 15.4. The number of ether oxygens (including phenoxy) is 2. The summed E-state index contributed by atoms with van der Waals surface area (Å²) in [6, 6.07) is 9.15. The predicted octanol–water partition coefficient (Wildman–Crippen LogP) is 4.94. The van der Waals surface area contributed by atoms with Crippen LogP contribution < -0.4 is 0 Å². The summed E-state index contributed by atoms with van der Waals surface area (Å²) in [6.07, 6.45) is 4.72. The lowest BCUT2D eigenvalue weighted by atomic mass is 9.82. The molecule has 1 fully saturated rings. The Labute approximate surface area is 150 Å². The summed E-state index contributed by atoms with van der Waals surface area (Å²) in [5.41, 5.74) is 3.03. The molecule has 4 atom stereocenters. The molecule has 3 heteroatoms. The number of fused-ring (bicyclic) bond motifs is 1. The van der Waals surface area contributed by atoms with Gasteiger partial charge in [-0.1, -0.05) is 50.3 Å². The normalized spacial score (nSPS) is 27.0. The summed E-state index contributed by atoms with van der Waals surface area (Å²) in [5, 5.41) is 0. The molecule has 1 saturated heterocycles. The summed E-state index contributed by atoms with van der Waals surface area (Å²) in [5.74, 6) is 0.466. The maximum absolute atomic E-state index is 12.5. The molecule has 25 heavy (non-hydrogen) atoms. The molecule has 0 spiro atoms. The SMILES string of the molecule is C=C1C(C(CC(C)C)OC(=O)c2ccccc2)O[C@@H]2C=C(C)CCC12. The first-order chi connectivity index (χ1) is 12.0. The van der Waals surface area contributed by atoms with Crippen LogP contribution in [0.25, 0.3) is 0 Å². The van der Waals surface area contributed by atoms with Gasteiger partial charge in [0.15, 0.2) is 0 Å². The lowest BCUT2D eigenvalue weighted by Crippen LogP contribution is -2.33. The van der Waals surface area contributed by atoms with Gasteiger partial charge in [0.2, 0.25) is 0 Å². The van der Waals surface area contributed by atoms with Gasteiger partial charge in [-0.3, -0.25) is 0 Å². The fraction of sp³-hybridized carbons (Fsp3) is 0.500. The number of carbonyl (C=O) groups is 1. The molecule has 2 aliphatic rings. The van der Waals surface area contributed by atoms with Crippen molar-refractivity contribution in [3.05, 3.63) is 59.7 Å². The van der Waals surface area contributed by atoms with E-state index in [1.165, 1.54) is 5.57 Å². The second kappa shape index (κ2) is 7.57. The van der Waals surface area contributed by atoms with Crippen molar-refractivity contribution in [3.63, 3.8) is 0 Å². The number of esters is 1. The maximum atomic E-state index is 12.5. The molecule has 0 N–H and O–H groups in total. The van der Waals surface area contributed by atoms with Crippen molar-refractivity contribution >= 4 is 5.97 Å². The first-order valence-electron chi connectivity index (χ1n) is 9.23. The van der Waals surface area contributed by atoms with Crippen molar-refractivity contribution < 1.29 is 14.3 Å². The average molecular weight is 340 g/mol. The van der Waals surface area contributed by atoms with Crippen molar-refractivity contribution in [2.24, 2.45) is 11.8 Å². The molecule has 0 saturated carbocycles. The van der Waals surface area contributed by atoms with Crippen molar-refractivity contribution in [2.75, 3.05) is 0 Å². The molecular formula is C22H28O3. The number of carbonyl (C=O) groups excluding carboxylic acids is 1. The third kappa shape index (κ3) is 4.04. The summed E-state index contributed by atoms with van der Waals surface area (Å²) in [4.78, 5) is 12.5. The van der Waals surface area contributed by atoms with E-state index in [4.69, 9.17) is 9.47 Å². The molecule has 1 heterocycles. The average Bonchev–Trinajstić information content (AvgIpc) is 2.90. The molecule has 1 aliphatic heterocycles. The van der Waals surface area contributed by atoms with Crippen LogP contribution in [0, 0.1) is 11.8 Å². The summed E-state index contributed by atoms with van der Waals surface area (Å²) in [7, 11) is 0. The van der Waals surface area contributed by atoms with Gasteiger partial charge in [0, 0.05) is 5.92 Å². The lowest BCUT2D eigenvalue weighted by Gasteiger charge is -2.26. The Hall–Kier alpha value is -1.87. The zero-order chi connectivity index (χ0) is 18.0. The van der Waals surface area contributed by atoms with Crippen LogP contribution in [0.15, 0.2) is 54.1 Å². The predicted molar refractivity (Wildman–Crippen MR) is 99.4 cm³/mol. The van der Waals surface area contributed by atoms with E-state index in [1.54, 1.807) is 12.1 Å². The van der Waals surface area contributed by atoms with Crippen LogP contribution in [-0.2, 0) is 9.47 Å². The van der Waals surface area contributed by atoms with Gasteiger partial charge in [-0.15, -0.1) is 0 Å². The molecule has 3 rings (SSSR count). The van der Waals surface area contributed by atoms with Crippen LogP contribution in [0.2, 0.25) is 0 Å². The molecule has 134 valence electrons. The quantitative estimate of drug-likeness (QED) is 0.563. The monoisotopic (exact) mass is 340 g/mol. The third-order valence-corrected chi connectivity index (χ3v) is 5.15.